The van der Waals surface area contributed by atoms with E-state index in [0.717, 1.165) is 55.9 Å². The smallest absolute Gasteiger partial charge is 0.332 e. The van der Waals surface area contributed by atoms with Crippen LogP contribution in [0.3, 0.4) is 0 Å². The topological polar surface area (TPSA) is 99.1 Å². The summed E-state index contributed by atoms with van der Waals surface area (Å²) in [6, 6.07) is 7.33. The fraction of sp³-hybridized carbons (Fsp3) is 0.500. The molecule has 1 aromatic carbocycles. The molecule has 2 aliphatic carbocycles. The Labute approximate surface area is 209 Å². The molecule has 2 aliphatic rings. The highest BCUT2D eigenvalue weighted by molar-refractivity contribution is 5.85. The number of carbonyl (C=O) groups is 1. The van der Waals surface area contributed by atoms with Gasteiger partial charge in [-0.2, -0.15) is 0 Å². The maximum atomic E-state index is 13.9. The third kappa shape index (κ3) is 5.08. The maximum Gasteiger partial charge on any atom is 0.332 e. The van der Waals surface area contributed by atoms with E-state index in [-0.39, 0.29) is 11.2 Å². The van der Waals surface area contributed by atoms with E-state index in [9.17, 15) is 14.4 Å². The molecule has 0 spiro atoms. The van der Waals surface area contributed by atoms with Gasteiger partial charge in [0.1, 0.15) is 6.33 Å². The van der Waals surface area contributed by atoms with Crippen LogP contribution in [-0.2, 0) is 17.9 Å². The van der Waals surface area contributed by atoms with Crippen LogP contribution in [0.2, 0.25) is 0 Å². The first-order valence-electron chi connectivity index (χ1n) is 13.2. The van der Waals surface area contributed by atoms with Crippen LogP contribution in [0.25, 0.3) is 22.9 Å². The molecule has 8 nitrogen and oxygen atoms in total. The zero-order valence-corrected chi connectivity index (χ0v) is 20.6. The Kier molecular flexibility index (Phi) is 7.20. The summed E-state index contributed by atoms with van der Waals surface area (Å²) in [6.45, 7) is 1.06. The van der Waals surface area contributed by atoms with Crippen molar-refractivity contribution in [3.05, 3.63) is 63.1 Å². The third-order valence-corrected chi connectivity index (χ3v) is 7.83. The number of fused-ring (bicyclic) bond motifs is 1. The summed E-state index contributed by atoms with van der Waals surface area (Å²) in [7, 11) is 0. The molecule has 0 saturated heterocycles. The fourth-order valence-electron chi connectivity index (χ4n) is 5.89. The second-order valence-corrected chi connectivity index (χ2v) is 10.4. The van der Waals surface area contributed by atoms with Gasteiger partial charge in [-0.3, -0.25) is 18.5 Å². The van der Waals surface area contributed by atoms with Gasteiger partial charge >= 0.3 is 11.7 Å². The number of aromatic nitrogens is 4. The lowest BCUT2D eigenvalue weighted by Crippen LogP contribution is -2.43. The van der Waals surface area contributed by atoms with Crippen molar-refractivity contribution in [2.45, 2.75) is 77.3 Å². The highest BCUT2D eigenvalue weighted by Gasteiger charge is 2.24. The first-order chi connectivity index (χ1) is 17.5. The van der Waals surface area contributed by atoms with Crippen molar-refractivity contribution in [1.82, 2.24) is 18.7 Å². The van der Waals surface area contributed by atoms with E-state index in [1.807, 2.05) is 28.8 Å². The highest BCUT2D eigenvalue weighted by atomic mass is 16.4. The maximum absolute atomic E-state index is 13.9. The Hall–Kier alpha value is -3.42. The predicted octanol–water partition coefficient (Wildman–Crippen LogP) is 4.61. The van der Waals surface area contributed by atoms with Gasteiger partial charge in [-0.05, 0) is 61.3 Å². The fourth-order valence-corrected chi connectivity index (χ4v) is 5.89. The number of nitrogens with zero attached hydrogens (tertiary/aromatic N) is 4. The monoisotopic (exact) mass is 490 g/mol. The van der Waals surface area contributed by atoms with Gasteiger partial charge in [0.25, 0.3) is 5.56 Å². The summed E-state index contributed by atoms with van der Waals surface area (Å²) < 4.78 is 5.05. The van der Waals surface area contributed by atoms with Crippen molar-refractivity contribution in [1.29, 1.82) is 0 Å². The lowest BCUT2D eigenvalue weighted by Gasteiger charge is -2.25. The van der Waals surface area contributed by atoms with E-state index >= 15 is 0 Å². The Morgan fingerprint density at radius 1 is 0.889 bits per heavy atom. The molecule has 8 heteroatoms. The Morgan fingerprint density at radius 3 is 2.06 bits per heavy atom. The molecule has 1 N–H and O–H groups in total. The number of aliphatic carboxylic acids is 1. The minimum absolute atomic E-state index is 0.230. The molecule has 2 fully saturated rings. The SMILES string of the molecule is O=C(O)/C=C/c1ccc(-n2cnc3c(=O)n(CC4CCCCC4)c(=O)n(CC4CCCCC4)c32)cc1. The molecule has 0 bridgehead atoms. The van der Waals surface area contributed by atoms with Crippen LogP contribution < -0.4 is 11.2 Å². The molecule has 0 unspecified atom stereocenters. The van der Waals surface area contributed by atoms with Gasteiger partial charge < -0.3 is 5.11 Å². The van der Waals surface area contributed by atoms with Crippen molar-refractivity contribution in [2.24, 2.45) is 11.8 Å². The predicted molar refractivity (Wildman–Crippen MR) is 139 cm³/mol. The molecule has 36 heavy (non-hydrogen) atoms. The molecule has 2 aromatic heterocycles. The van der Waals surface area contributed by atoms with Gasteiger partial charge in [-0.15, -0.1) is 0 Å². The summed E-state index contributed by atoms with van der Waals surface area (Å²) in [5.74, 6) is -0.235. The first kappa shape index (κ1) is 24.3. The highest BCUT2D eigenvalue weighted by Crippen LogP contribution is 2.27. The summed E-state index contributed by atoms with van der Waals surface area (Å²) in [4.78, 5) is 42.7. The molecular formula is C28H34N4O4. The average molecular weight is 491 g/mol. The molecule has 0 radical (unpaired) electrons. The Bertz CT molecular complexity index is 1370. The van der Waals surface area contributed by atoms with Crippen molar-refractivity contribution in [3.63, 3.8) is 0 Å². The van der Waals surface area contributed by atoms with Gasteiger partial charge in [0.2, 0.25) is 0 Å². The number of carboxylic acids is 1. The van der Waals surface area contributed by atoms with E-state index < -0.39 is 5.97 Å². The minimum Gasteiger partial charge on any atom is -0.478 e. The number of benzene rings is 1. The lowest BCUT2D eigenvalue weighted by atomic mass is 9.89. The molecule has 0 aliphatic heterocycles. The minimum atomic E-state index is -1.00. The average Bonchev–Trinajstić information content (AvgIpc) is 3.35. The molecule has 5 rings (SSSR count). The van der Waals surface area contributed by atoms with Crippen LogP contribution in [-0.4, -0.2) is 29.8 Å². The molecule has 2 saturated carbocycles. The van der Waals surface area contributed by atoms with Crippen molar-refractivity contribution in [2.75, 3.05) is 0 Å². The van der Waals surface area contributed by atoms with Crippen LogP contribution in [0, 0.1) is 11.8 Å². The molecule has 0 atom stereocenters. The largest absolute Gasteiger partial charge is 0.478 e. The van der Waals surface area contributed by atoms with Gasteiger partial charge in [0.05, 0.1) is 0 Å². The first-order valence-corrected chi connectivity index (χ1v) is 13.2. The van der Waals surface area contributed by atoms with Gasteiger partial charge in [0, 0.05) is 24.9 Å². The molecule has 3 aromatic rings. The Balaban J connectivity index is 1.59. The molecular weight excluding hydrogens is 456 g/mol. The summed E-state index contributed by atoms with van der Waals surface area (Å²) in [5.41, 5.74) is 1.86. The number of hydrogen-bond donors (Lipinski definition) is 1. The van der Waals surface area contributed by atoms with E-state index in [0.29, 0.717) is 36.1 Å². The van der Waals surface area contributed by atoms with Gasteiger partial charge in [0.15, 0.2) is 11.2 Å². The van der Waals surface area contributed by atoms with E-state index in [1.54, 1.807) is 10.9 Å². The van der Waals surface area contributed by atoms with Gasteiger partial charge in [-0.25, -0.2) is 14.6 Å². The van der Waals surface area contributed by atoms with Crippen LogP contribution in [0.15, 0.2) is 46.3 Å². The molecule has 0 amide bonds. The zero-order chi connectivity index (χ0) is 25.1. The normalized spacial score (nSPS) is 17.8. The molecule has 190 valence electrons. The van der Waals surface area contributed by atoms with Crippen LogP contribution in [0.4, 0.5) is 0 Å². The van der Waals surface area contributed by atoms with Crippen LogP contribution >= 0.6 is 0 Å². The van der Waals surface area contributed by atoms with E-state index in [4.69, 9.17) is 5.11 Å². The second-order valence-electron chi connectivity index (χ2n) is 10.4. The third-order valence-electron chi connectivity index (χ3n) is 7.83. The Morgan fingerprint density at radius 2 is 1.47 bits per heavy atom. The van der Waals surface area contributed by atoms with E-state index in [1.165, 1.54) is 36.3 Å². The summed E-state index contributed by atoms with van der Waals surface area (Å²) >= 11 is 0. The zero-order valence-electron chi connectivity index (χ0n) is 20.6. The summed E-state index contributed by atoms with van der Waals surface area (Å²) in [6.07, 6.45) is 15.7. The number of rotatable bonds is 7. The van der Waals surface area contributed by atoms with E-state index in [2.05, 4.69) is 4.98 Å². The molecule has 2 heterocycles. The quantitative estimate of drug-likeness (QED) is 0.488. The van der Waals surface area contributed by atoms with Crippen LogP contribution in [0.5, 0.6) is 0 Å². The van der Waals surface area contributed by atoms with Gasteiger partial charge in [-0.1, -0.05) is 50.7 Å². The van der Waals surface area contributed by atoms with Crippen molar-refractivity contribution in [3.8, 4) is 5.69 Å². The number of carboxylic acid groups (broad SMARTS) is 1. The van der Waals surface area contributed by atoms with Crippen molar-refractivity contribution < 1.29 is 9.90 Å². The second kappa shape index (κ2) is 10.7. The van der Waals surface area contributed by atoms with Crippen molar-refractivity contribution >= 4 is 23.2 Å². The number of hydrogen-bond acceptors (Lipinski definition) is 4. The summed E-state index contributed by atoms with van der Waals surface area (Å²) in [5, 5.41) is 8.88. The number of imidazole rings is 1. The van der Waals surface area contributed by atoms with Crippen LogP contribution in [0.1, 0.15) is 69.8 Å². The lowest BCUT2D eigenvalue weighted by molar-refractivity contribution is -0.131. The standard InChI is InChI=1S/C28H34N4O4/c33-24(34)16-13-20-11-14-23(15-12-20)32-19-29-25-26(32)30(17-21-7-3-1-4-8-21)28(36)31(27(25)35)18-22-9-5-2-6-10-22/h11-16,19,21-22H,1-10,17-18H2,(H,33,34)/b16-13+.